The van der Waals surface area contributed by atoms with Crippen LogP contribution in [-0.2, 0) is 25.4 Å². The highest BCUT2D eigenvalue weighted by Gasteiger charge is 2.52. The van der Waals surface area contributed by atoms with Gasteiger partial charge in [-0.1, -0.05) is 40.4 Å². The van der Waals surface area contributed by atoms with E-state index in [2.05, 4.69) is 58.5 Å². The molecular weight excluding hydrogens is 606 g/mol. The molecule has 2 aliphatic rings. The van der Waals surface area contributed by atoms with Gasteiger partial charge in [0.05, 0.1) is 35.9 Å². The van der Waals surface area contributed by atoms with E-state index in [-0.39, 0.29) is 36.7 Å². The number of hydrogen-bond donors (Lipinski definition) is 0. The summed E-state index contributed by atoms with van der Waals surface area (Å²) in [6.45, 7) is 20.7. The van der Waals surface area contributed by atoms with E-state index in [1.807, 2.05) is 0 Å². The number of aromatic nitrogens is 2. The molecule has 7 nitrogen and oxygen atoms in total. The summed E-state index contributed by atoms with van der Waals surface area (Å²) in [7, 11) is -3.40. The van der Waals surface area contributed by atoms with Gasteiger partial charge in [0.25, 0.3) is 0 Å². The molecule has 0 amide bonds. The maximum atomic E-state index is 15.5. The highest BCUT2D eigenvalue weighted by Crippen LogP contribution is 2.41. The summed E-state index contributed by atoms with van der Waals surface area (Å²) in [6, 6.07) is 6.16. The van der Waals surface area contributed by atoms with E-state index < -0.39 is 51.2 Å². The number of rotatable bonds is 10. The molecule has 5 rings (SSSR count). The number of pyridine rings is 1. The quantitative estimate of drug-likeness (QED) is 0.166. The zero-order valence-corrected chi connectivity index (χ0v) is 29.2. The Labute approximate surface area is 260 Å². The Balaban J connectivity index is 1.44. The molecule has 0 radical (unpaired) electrons. The van der Waals surface area contributed by atoms with E-state index >= 15 is 4.39 Å². The summed E-state index contributed by atoms with van der Waals surface area (Å²) in [5.74, 6) is -2.21. The van der Waals surface area contributed by atoms with E-state index in [9.17, 15) is 8.78 Å². The molecule has 0 aliphatic carbocycles. The van der Waals surface area contributed by atoms with Crippen LogP contribution in [0.1, 0.15) is 26.3 Å². The monoisotopic (exact) mass is 650 g/mol. The van der Waals surface area contributed by atoms with Crippen LogP contribution in [0.4, 0.5) is 13.2 Å². The number of fused-ring (bicyclic) bond motifs is 2. The van der Waals surface area contributed by atoms with Gasteiger partial charge in [-0.3, -0.25) is 4.57 Å². The fourth-order valence-corrected chi connectivity index (χ4v) is 7.41. The van der Waals surface area contributed by atoms with Gasteiger partial charge in [0.1, 0.15) is 36.3 Å². The van der Waals surface area contributed by atoms with Gasteiger partial charge >= 0.3 is 0 Å². The second kappa shape index (κ2) is 12.2. The van der Waals surface area contributed by atoms with Crippen LogP contribution in [-0.4, -0.2) is 70.2 Å². The molecule has 12 heteroatoms. The van der Waals surface area contributed by atoms with Crippen molar-refractivity contribution in [2.24, 2.45) is 0 Å². The van der Waals surface area contributed by atoms with E-state index in [4.69, 9.17) is 23.4 Å². The topological polar surface area (TPSA) is 64.0 Å². The van der Waals surface area contributed by atoms with Crippen molar-refractivity contribution in [2.45, 2.75) is 103 Å². The Morgan fingerprint density at radius 3 is 2.14 bits per heavy atom. The van der Waals surface area contributed by atoms with Crippen LogP contribution in [0.3, 0.4) is 0 Å². The van der Waals surface area contributed by atoms with Gasteiger partial charge in [0, 0.05) is 26.8 Å². The summed E-state index contributed by atoms with van der Waals surface area (Å²) >= 11 is 0. The van der Waals surface area contributed by atoms with Crippen molar-refractivity contribution >= 4 is 27.4 Å². The van der Waals surface area contributed by atoms with Crippen LogP contribution in [0.25, 0.3) is 22.3 Å². The Bertz CT molecular complexity index is 1500. The molecule has 4 heterocycles. The minimum atomic E-state index is -2.06. The van der Waals surface area contributed by atoms with Gasteiger partial charge in [-0.25, -0.2) is 18.2 Å². The van der Waals surface area contributed by atoms with Gasteiger partial charge in [-0.15, -0.1) is 0 Å². The third-order valence-electron chi connectivity index (χ3n) is 8.93. The molecule has 0 N–H and O–H groups in total. The molecule has 0 bridgehead atoms. The average molecular weight is 651 g/mol. The molecule has 2 saturated heterocycles. The second-order valence-electron chi connectivity index (χ2n) is 14.8. The lowest BCUT2D eigenvalue weighted by Crippen LogP contribution is -2.47. The lowest BCUT2D eigenvalue weighted by atomic mass is 10.1. The van der Waals surface area contributed by atoms with Crippen LogP contribution < -0.4 is 4.74 Å². The van der Waals surface area contributed by atoms with Crippen molar-refractivity contribution in [2.75, 3.05) is 19.8 Å². The van der Waals surface area contributed by atoms with E-state index in [1.54, 1.807) is 17.6 Å². The van der Waals surface area contributed by atoms with Crippen LogP contribution >= 0.6 is 0 Å². The number of benzene rings is 1. The normalized spacial score (nSPS) is 22.6. The molecule has 3 aromatic rings. The second-order valence-corrected chi connectivity index (χ2v) is 25.1. The minimum absolute atomic E-state index is 0.0432. The van der Waals surface area contributed by atoms with E-state index in [0.717, 1.165) is 18.2 Å². The van der Waals surface area contributed by atoms with Gasteiger partial charge in [-0.2, -0.15) is 0 Å². The molecule has 2 fully saturated rings. The van der Waals surface area contributed by atoms with Gasteiger partial charge in [0.2, 0.25) is 0 Å². The lowest BCUT2D eigenvalue weighted by Gasteiger charge is -2.39. The molecule has 0 spiro atoms. The molecule has 0 unspecified atom stereocenters. The smallest absolute Gasteiger partial charge is 0.198 e. The summed E-state index contributed by atoms with van der Waals surface area (Å²) in [5, 5.41) is 0.0432. The number of ether oxygens (including phenoxy) is 4. The number of aryl methyl sites for hydroxylation is 1. The van der Waals surface area contributed by atoms with Gasteiger partial charge < -0.3 is 23.4 Å². The summed E-state index contributed by atoms with van der Waals surface area (Å²) in [5.41, 5.74) is 0.210. The van der Waals surface area contributed by atoms with Crippen molar-refractivity contribution in [1.29, 1.82) is 0 Å². The Morgan fingerprint density at radius 2 is 1.52 bits per heavy atom. The molecular formula is C32H45F3N2O5Si2. The van der Waals surface area contributed by atoms with E-state index in [0.29, 0.717) is 35.7 Å². The third kappa shape index (κ3) is 6.80. The van der Waals surface area contributed by atoms with E-state index in [1.165, 1.54) is 6.07 Å². The summed E-state index contributed by atoms with van der Waals surface area (Å²) in [4.78, 5) is 4.38. The van der Waals surface area contributed by atoms with Crippen molar-refractivity contribution < 1.29 is 36.5 Å². The molecule has 0 saturated carbocycles. The summed E-state index contributed by atoms with van der Waals surface area (Å²) < 4.78 is 78.4. The summed E-state index contributed by atoms with van der Waals surface area (Å²) in [6.07, 6.45) is -1.26. The van der Waals surface area contributed by atoms with Crippen molar-refractivity contribution in [3.63, 3.8) is 0 Å². The van der Waals surface area contributed by atoms with Crippen LogP contribution in [0.2, 0.25) is 43.8 Å². The predicted octanol–water partition coefficient (Wildman–Crippen LogP) is 7.68. The molecule has 1 aromatic carbocycles. The van der Waals surface area contributed by atoms with Crippen molar-refractivity contribution in [3.05, 3.63) is 47.3 Å². The minimum Gasteiger partial charge on any atom is -0.470 e. The van der Waals surface area contributed by atoms with Gasteiger partial charge in [0.15, 0.2) is 26.1 Å². The number of nitrogens with zero attached hydrogens (tertiary/aromatic N) is 2. The van der Waals surface area contributed by atoms with Crippen LogP contribution in [0, 0.1) is 24.4 Å². The zero-order valence-electron chi connectivity index (χ0n) is 27.2. The first-order valence-electron chi connectivity index (χ1n) is 15.3. The molecule has 242 valence electrons. The number of halogens is 3. The maximum Gasteiger partial charge on any atom is 0.198 e. The van der Waals surface area contributed by atoms with Crippen molar-refractivity contribution in [3.8, 4) is 17.1 Å². The third-order valence-corrected chi connectivity index (χ3v) is 15.1. The fourth-order valence-electron chi connectivity index (χ4n) is 5.34. The largest absolute Gasteiger partial charge is 0.470 e. The first kappa shape index (κ1) is 33.1. The number of hydrogen-bond acceptors (Lipinski definition) is 6. The highest BCUT2D eigenvalue weighted by atomic mass is 28.4. The highest BCUT2D eigenvalue weighted by molar-refractivity contribution is 6.76. The van der Waals surface area contributed by atoms with Crippen LogP contribution in [0.5, 0.6) is 5.88 Å². The Kier molecular flexibility index (Phi) is 9.17. The zero-order chi connectivity index (χ0) is 32.2. The molecule has 4 atom stereocenters. The molecule has 2 aromatic heterocycles. The van der Waals surface area contributed by atoms with Gasteiger partial charge in [-0.05, 0) is 48.8 Å². The first-order chi connectivity index (χ1) is 20.4. The van der Waals surface area contributed by atoms with Crippen molar-refractivity contribution in [1.82, 2.24) is 9.55 Å². The standard InChI is InChI=1S/C32H45F3N2O5Si2/c1-19-12-20(33)28(21(34)13-19)29-22(35)14-24-23(36-29)15-27(37(24)18-38-10-11-43(5,6)7)41-25-16-39-31-26(17-40-30(25)31)42-44(8,9)32(2,3)4/h12-15,25-26,30-31H,10-11,16-18H2,1-9H3/t25-,26-,30-,31-/m1/s1. The Morgan fingerprint density at radius 1 is 0.909 bits per heavy atom. The first-order valence-corrected chi connectivity index (χ1v) is 21.9. The van der Waals surface area contributed by atoms with Crippen LogP contribution in [0.15, 0.2) is 24.3 Å². The average Bonchev–Trinajstić information content (AvgIpc) is 3.55. The SMILES string of the molecule is Cc1cc(F)c(-c2nc3cc(O[C@@H]4CO[C@H]5[C@@H]4OC[C@H]5O[Si](C)(C)C(C)(C)C)n(COCC[Si](C)(C)C)c3cc2F)c(F)c1. The predicted molar refractivity (Wildman–Crippen MR) is 170 cm³/mol. The maximum absolute atomic E-state index is 15.5. The lowest BCUT2D eigenvalue weighted by molar-refractivity contribution is 0.00859. The Hall–Kier alpha value is -2.23. The molecule has 2 aliphatic heterocycles. The molecule has 44 heavy (non-hydrogen) atoms. The fraction of sp³-hybridized carbons (Fsp3) is 0.594.